The first-order valence-corrected chi connectivity index (χ1v) is 9.84. The molecule has 4 nitrogen and oxygen atoms in total. The SMILES string of the molecule is C=C/C=C\C(=N/CC)N1CC2(C1)CN(N1CCCc3cc(C)ccc31)C2. The minimum Gasteiger partial charge on any atom is -0.355 e. The van der Waals surface area contributed by atoms with Gasteiger partial charge in [0.25, 0.3) is 0 Å². The van der Waals surface area contributed by atoms with Crippen molar-refractivity contribution >= 4 is 11.5 Å². The zero-order valence-corrected chi connectivity index (χ0v) is 16.1. The molecule has 0 radical (unpaired) electrons. The van der Waals surface area contributed by atoms with Gasteiger partial charge in [0, 0.05) is 44.7 Å². The predicted octanol–water partition coefficient (Wildman–Crippen LogP) is 3.44. The Morgan fingerprint density at radius 1 is 1.27 bits per heavy atom. The first kappa shape index (κ1) is 17.3. The largest absolute Gasteiger partial charge is 0.355 e. The van der Waals surface area contributed by atoms with Crippen LogP contribution >= 0.6 is 0 Å². The molecule has 1 aromatic rings. The van der Waals surface area contributed by atoms with Crippen LogP contribution in [0.5, 0.6) is 0 Å². The van der Waals surface area contributed by atoms with Crippen LogP contribution in [0.25, 0.3) is 0 Å². The standard InChI is InChI=1S/C22H30N4/c1-4-6-9-21(23-5-2)24-14-22(15-24)16-25(17-22)26-12-7-8-19-13-18(3)10-11-20(19)26/h4,6,9-11,13H,1,5,7-8,12,14-17H2,2-3H3/b9-6-,23-21+. The maximum absolute atomic E-state index is 4.64. The molecule has 2 saturated heterocycles. The van der Waals surface area contributed by atoms with E-state index in [1.54, 1.807) is 0 Å². The molecule has 1 aromatic carbocycles. The molecule has 3 aliphatic heterocycles. The number of aryl methyl sites for hydroxylation is 2. The van der Waals surface area contributed by atoms with Crippen molar-refractivity contribution in [2.75, 3.05) is 44.3 Å². The number of fused-ring (bicyclic) bond motifs is 1. The van der Waals surface area contributed by atoms with Gasteiger partial charge in [0.2, 0.25) is 0 Å². The summed E-state index contributed by atoms with van der Waals surface area (Å²) in [4.78, 5) is 7.05. The molecule has 26 heavy (non-hydrogen) atoms. The highest BCUT2D eigenvalue weighted by atomic mass is 15.7. The fraction of sp³-hybridized carbons (Fsp3) is 0.500. The van der Waals surface area contributed by atoms with E-state index in [4.69, 9.17) is 0 Å². The van der Waals surface area contributed by atoms with Crippen molar-refractivity contribution in [1.82, 2.24) is 9.91 Å². The molecule has 0 aliphatic carbocycles. The van der Waals surface area contributed by atoms with Gasteiger partial charge >= 0.3 is 0 Å². The molecule has 3 heterocycles. The molecule has 0 amide bonds. The minimum atomic E-state index is 0.457. The van der Waals surface area contributed by atoms with Gasteiger partial charge < -0.3 is 9.91 Å². The highest BCUT2D eigenvalue weighted by molar-refractivity contribution is 5.94. The smallest absolute Gasteiger partial charge is 0.123 e. The molecule has 138 valence electrons. The molecule has 3 aliphatic rings. The topological polar surface area (TPSA) is 22.1 Å². The number of hydrazine groups is 1. The zero-order valence-electron chi connectivity index (χ0n) is 16.1. The molecule has 0 bridgehead atoms. The number of aliphatic imine (C=N–C) groups is 1. The van der Waals surface area contributed by atoms with Gasteiger partial charge in [-0.1, -0.05) is 36.4 Å². The molecule has 0 atom stereocenters. The number of allylic oxidation sites excluding steroid dienone is 2. The van der Waals surface area contributed by atoms with E-state index in [1.165, 1.54) is 42.7 Å². The van der Waals surface area contributed by atoms with Crippen LogP contribution in [0.15, 0.2) is 48.0 Å². The number of benzene rings is 1. The third kappa shape index (κ3) is 3.07. The molecule has 1 spiro atoms. The van der Waals surface area contributed by atoms with E-state index in [0.29, 0.717) is 5.41 Å². The number of nitrogens with zero attached hydrogens (tertiary/aromatic N) is 4. The van der Waals surface area contributed by atoms with E-state index >= 15 is 0 Å². The predicted molar refractivity (Wildman–Crippen MR) is 110 cm³/mol. The van der Waals surface area contributed by atoms with Gasteiger partial charge in [-0.15, -0.1) is 0 Å². The molecule has 0 aromatic heterocycles. The van der Waals surface area contributed by atoms with Crippen molar-refractivity contribution in [1.29, 1.82) is 0 Å². The summed E-state index contributed by atoms with van der Waals surface area (Å²) in [6.07, 6.45) is 8.36. The minimum absolute atomic E-state index is 0.457. The number of likely N-dealkylation sites (tertiary alicyclic amines) is 1. The van der Waals surface area contributed by atoms with Crippen LogP contribution in [-0.4, -0.2) is 55.0 Å². The third-order valence-electron chi connectivity index (χ3n) is 5.78. The van der Waals surface area contributed by atoms with Crippen LogP contribution in [0, 0.1) is 12.3 Å². The second-order valence-electron chi connectivity index (χ2n) is 7.96. The van der Waals surface area contributed by atoms with E-state index in [1.807, 2.05) is 12.2 Å². The Morgan fingerprint density at radius 3 is 2.81 bits per heavy atom. The molecular weight excluding hydrogens is 320 g/mol. The number of hydrogen-bond acceptors (Lipinski definition) is 3. The van der Waals surface area contributed by atoms with Gasteiger partial charge in [0.15, 0.2) is 0 Å². The maximum Gasteiger partial charge on any atom is 0.123 e. The Hall–Kier alpha value is -2.07. The summed E-state index contributed by atoms with van der Waals surface area (Å²) in [5.41, 5.74) is 4.77. The van der Waals surface area contributed by atoms with Crippen LogP contribution in [0.1, 0.15) is 24.5 Å². The first-order valence-electron chi connectivity index (χ1n) is 9.84. The van der Waals surface area contributed by atoms with Crippen molar-refractivity contribution in [3.63, 3.8) is 0 Å². The van der Waals surface area contributed by atoms with Gasteiger partial charge in [-0.2, -0.15) is 0 Å². The van der Waals surface area contributed by atoms with Crippen molar-refractivity contribution < 1.29 is 0 Å². The lowest BCUT2D eigenvalue weighted by atomic mass is 9.73. The average Bonchev–Trinajstić information content (AvgIpc) is 2.56. The molecule has 2 fully saturated rings. The van der Waals surface area contributed by atoms with Gasteiger partial charge in [-0.05, 0) is 44.4 Å². The lowest BCUT2D eigenvalue weighted by Gasteiger charge is -2.63. The Balaban J connectivity index is 1.38. The highest BCUT2D eigenvalue weighted by Crippen LogP contribution is 2.43. The lowest BCUT2D eigenvalue weighted by Crippen LogP contribution is -2.75. The molecule has 4 heteroatoms. The molecule has 0 N–H and O–H groups in total. The van der Waals surface area contributed by atoms with E-state index < -0.39 is 0 Å². The van der Waals surface area contributed by atoms with E-state index in [-0.39, 0.29) is 0 Å². The maximum atomic E-state index is 4.64. The molecular formula is C22H30N4. The quantitative estimate of drug-likeness (QED) is 0.472. The number of anilines is 1. The van der Waals surface area contributed by atoms with Crippen molar-refractivity contribution in [2.24, 2.45) is 10.4 Å². The summed E-state index contributed by atoms with van der Waals surface area (Å²) in [6.45, 7) is 14.6. The molecule has 0 unspecified atom stereocenters. The van der Waals surface area contributed by atoms with Gasteiger partial charge in [-0.3, -0.25) is 4.99 Å². The Bertz CT molecular complexity index is 735. The van der Waals surface area contributed by atoms with Gasteiger partial charge in [0.05, 0.1) is 5.69 Å². The second kappa shape index (κ2) is 6.92. The monoisotopic (exact) mass is 350 g/mol. The Morgan fingerprint density at radius 2 is 2.08 bits per heavy atom. The van der Waals surface area contributed by atoms with Crippen molar-refractivity contribution in [3.05, 3.63) is 54.1 Å². The summed E-state index contributed by atoms with van der Waals surface area (Å²) < 4.78 is 0. The summed E-state index contributed by atoms with van der Waals surface area (Å²) >= 11 is 0. The zero-order chi connectivity index (χ0) is 18.1. The normalized spacial score (nSPS) is 22.3. The average molecular weight is 351 g/mol. The van der Waals surface area contributed by atoms with E-state index in [2.05, 4.69) is 64.6 Å². The highest BCUT2D eigenvalue weighted by Gasteiger charge is 2.54. The van der Waals surface area contributed by atoms with Crippen molar-refractivity contribution in [3.8, 4) is 0 Å². The van der Waals surface area contributed by atoms with Crippen molar-refractivity contribution in [2.45, 2.75) is 26.7 Å². The third-order valence-corrected chi connectivity index (χ3v) is 5.78. The van der Waals surface area contributed by atoms with Gasteiger partial charge in [0.1, 0.15) is 5.84 Å². The fourth-order valence-electron chi connectivity index (χ4n) is 4.60. The van der Waals surface area contributed by atoms with Gasteiger partial charge in [-0.25, -0.2) is 5.01 Å². The lowest BCUT2D eigenvalue weighted by molar-refractivity contribution is -0.0923. The summed E-state index contributed by atoms with van der Waals surface area (Å²) in [7, 11) is 0. The van der Waals surface area contributed by atoms with Crippen LogP contribution in [-0.2, 0) is 6.42 Å². The Kier molecular flexibility index (Phi) is 4.62. The number of hydrogen-bond donors (Lipinski definition) is 0. The fourth-order valence-corrected chi connectivity index (χ4v) is 4.60. The van der Waals surface area contributed by atoms with Crippen LogP contribution < -0.4 is 5.01 Å². The van der Waals surface area contributed by atoms with E-state index in [9.17, 15) is 0 Å². The number of rotatable bonds is 4. The first-order chi connectivity index (χ1) is 12.6. The Labute approximate surface area is 157 Å². The molecule has 4 rings (SSSR count). The van der Waals surface area contributed by atoms with Crippen LogP contribution in [0.4, 0.5) is 5.69 Å². The second-order valence-corrected chi connectivity index (χ2v) is 7.96. The van der Waals surface area contributed by atoms with Crippen LogP contribution in [0.3, 0.4) is 0 Å². The number of amidine groups is 1. The molecule has 0 saturated carbocycles. The summed E-state index contributed by atoms with van der Waals surface area (Å²) in [5.74, 6) is 1.11. The summed E-state index contributed by atoms with van der Waals surface area (Å²) in [6, 6.07) is 6.92. The summed E-state index contributed by atoms with van der Waals surface area (Å²) in [5, 5.41) is 5.09. The van der Waals surface area contributed by atoms with E-state index in [0.717, 1.165) is 32.0 Å². The van der Waals surface area contributed by atoms with Crippen LogP contribution in [0.2, 0.25) is 0 Å².